The summed E-state index contributed by atoms with van der Waals surface area (Å²) < 4.78 is 5.99. The third-order valence-corrected chi connectivity index (χ3v) is 5.44. The topological polar surface area (TPSA) is 32.8 Å². The van der Waals surface area contributed by atoms with E-state index in [0.717, 1.165) is 33.6 Å². The van der Waals surface area contributed by atoms with Crippen molar-refractivity contribution in [2.75, 3.05) is 16.8 Å². The maximum Gasteiger partial charge on any atom is 0.416 e. The summed E-state index contributed by atoms with van der Waals surface area (Å²) in [4.78, 5) is 16.5. The van der Waals surface area contributed by atoms with Gasteiger partial charge in [0.25, 0.3) is 0 Å². The van der Waals surface area contributed by atoms with Gasteiger partial charge in [-0.25, -0.2) is 4.79 Å². The number of anilines is 2. The first kappa shape index (κ1) is 16.9. The number of ether oxygens (including phenoxy) is 1. The molecule has 0 bridgehead atoms. The van der Waals surface area contributed by atoms with Crippen LogP contribution in [0.25, 0.3) is 17.2 Å². The SMILES string of the molecule is CN1C(=O)O[C@H]2c3ccccc3C=CN2c2ccccc2-c2cc(Cl)ccc21. The molecule has 0 N–H and O–H groups in total. The molecule has 0 radical (unpaired) electrons. The van der Waals surface area contributed by atoms with Crippen LogP contribution in [-0.4, -0.2) is 13.1 Å². The molecule has 5 rings (SSSR count). The van der Waals surface area contributed by atoms with Gasteiger partial charge in [0.15, 0.2) is 0 Å². The van der Waals surface area contributed by atoms with Gasteiger partial charge in [-0.2, -0.15) is 0 Å². The molecule has 0 unspecified atom stereocenters. The van der Waals surface area contributed by atoms with E-state index in [4.69, 9.17) is 16.3 Å². The van der Waals surface area contributed by atoms with E-state index >= 15 is 0 Å². The molecule has 1 atom stereocenters. The highest BCUT2D eigenvalue weighted by Crippen LogP contribution is 2.44. The van der Waals surface area contributed by atoms with E-state index < -0.39 is 12.3 Å². The molecule has 0 saturated carbocycles. The van der Waals surface area contributed by atoms with Crippen LogP contribution in [0.2, 0.25) is 5.02 Å². The molecule has 3 aromatic rings. The second-order valence-corrected chi connectivity index (χ2v) is 7.26. The second kappa shape index (κ2) is 6.43. The summed E-state index contributed by atoms with van der Waals surface area (Å²) in [6, 6.07) is 21.5. The van der Waals surface area contributed by atoms with Crippen LogP contribution in [-0.2, 0) is 4.74 Å². The Morgan fingerprint density at radius 3 is 2.61 bits per heavy atom. The van der Waals surface area contributed by atoms with Crippen LogP contribution in [0.15, 0.2) is 72.9 Å². The van der Waals surface area contributed by atoms with Gasteiger partial charge in [-0.3, -0.25) is 4.90 Å². The first-order chi connectivity index (χ1) is 13.6. The van der Waals surface area contributed by atoms with Crippen molar-refractivity contribution in [2.45, 2.75) is 6.23 Å². The number of benzene rings is 3. The number of carbonyl (C=O) groups excluding carboxylic acids is 1. The Morgan fingerprint density at radius 2 is 1.71 bits per heavy atom. The molecule has 5 heteroatoms. The first-order valence-electron chi connectivity index (χ1n) is 9.02. The summed E-state index contributed by atoms with van der Waals surface area (Å²) in [5.74, 6) is 0. The highest BCUT2D eigenvalue weighted by molar-refractivity contribution is 6.31. The van der Waals surface area contributed by atoms with Crippen molar-refractivity contribution < 1.29 is 9.53 Å². The number of rotatable bonds is 0. The van der Waals surface area contributed by atoms with Crippen LogP contribution in [0.3, 0.4) is 0 Å². The largest absolute Gasteiger partial charge is 0.420 e. The first-order valence-corrected chi connectivity index (χ1v) is 9.40. The van der Waals surface area contributed by atoms with E-state index in [2.05, 4.69) is 0 Å². The fourth-order valence-electron chi connectivity index (χ4n) is 3.82. The van der Waals surface area contributed by atoms with Crippen molar-refractivity contribution in [1.29, 1.82) is 0 Å². The van der Waals surface area contributed by atoms with E-state index in [1.54, 1.807) is 13.1 Å². The number of carbonyl (C=O) groups is 1. The van der Waals surface area contributed by atoms with Gasteiger partial charge in [0.2, 0.25) is 6.23 Å². The minimum Gasteiger partial charge on any atom is -0.420 e. The Balaban J connectivity index is 1.79. The fourth-order valence-corrected chi connectivity index (χ4v) is 3.99. The standard InChI is InChI=1S/C23H17ClN2O2/c1-25-20-11-10-16(24)14-19(20)18-8-4-5-9-21(18)26-13-12-15-6-2-3-7-17(15)22(26)28-23(25)27/h2-14,22H,1H3/t22-/m0/s1. The highest BCUT2D eigenvalue weighted by atomic mass is 35.5. The predicted molar refractivity (Wildman–Crippen MR) is 112 cm³/mol. The molecular weight excluding hydrogens is 372 g/mol. The van der Waals surface area contributed by atoms with Gasteiger partial charge in [0.1, 0.15) is 0 Å². The Morgan fingerprint density at radius 1 is 0.929 bits per heavy atom. The molecular formula is C23H17ClN2O2. The highest BCUT2D eigenvalue weighted by Gasteiger charge is 2.33. The molecule has 28 heavy (non-hydrogen) atoms. The Kier molecular flexibility index (Phi) is 3.88. The van der Waals surface area contributed by atoms with Gasteiger partial charge in [-0.15, -0.1) is 0 Å². The molecule has 2 aliphatic heterocycles. The minimum absolute atomic E-state index is 0.420. The van der Waals surface area contributed by atoms with Gasteiger partial charge < -0.3 is 9.64 Å². The molecule has 0 spiro atoms. The zero-order valence-corrected chi connectivity index (χ0v) is 15.9. The smallest absolute Gasteiger partial charge is 0.416 e. The summed E-state index contributed by atoms with van der Waals surface area (Å²) >= 11 is 6.30. The number of para-hydroxylation sites is 1. The van der Waals surface area contributed by atoms with Gasteiger partial charge in [-0.05, 0) is 35.9 Å². The van der Waals surface area contributed by atoms with E-state index in [-0.39, 0.29) is 0 Å². The molecule has 4 nitrogen and oxygen atoms in total. The number of halogens is 1. The summed E-state index contributed by atoms with van der Waals surface area (Å²) in [5.41, 5.74) is 5.56. The number of nitrogens with zero attached hydrogens (tertiary/aromatic N) is 2. The summed E-state index contributed by atoms with van der Waals surface area (Å²) in [5, 5.41) is 0.616. The van der Waals surface area contributed by atoms with Gasteiger partial charge in [0.05, 0.1) is 11.4 Å². The van der Waals surface area contributed by atoms with Gasteiger partial charge in [-0.1, -0.05) is 54.1 Å². The summed E-state index contributed by atoms with van der Waals surface area (Å²) in [6.07, 6.45) is 3.03. The number of hydrogen-bond donors (Lipinski definition) is 0. The van der Waals surface area contributed by atoms with Crippen LogP contribution in [0.1, 0.15) is 17.4 Å². The van der Waals surface area contributed by atoms with Crippen LogP contribution in [0.4, 0.5) is 16.2 Å². The van der Waals surface area contributed by atoms with Crippen LogP contribution in [0, 0.1) is 0 Å². The zero-order valence-electron chi connectivity index (χ0n) is 15.2. The summed E-state index contributed by atoms with van der Waals surface area (Å²) in [6.45, 7) is 0. The molecule has 2 aliphatic rings. The van der Waals surface area contributed by atoms with E-state index in [0.29, 0.717) is 5.02 Å². The van der Waals surface area contributed by atoms with Crippen LogP contribution >= 0.6 is 11.6 Å². The average molecular weight is 389 g/mol. The van der Waals surface area contributed by atoms with Gasteiger partial charge in [0, 0.05) is 35.0 Å². The lowest BCUT2D eigenvalue weighted by Gasteiger charge is -2.34. The fraction of sp³-hybridized carbons (Fsp3) is 0.0870. The molecule has 0 aromatic heterocycles. The van der Waals surface area contributed by atoms with E-state index in [1.165, 1.54) is 4.90 Å². The van der Waals surface area contributed by atoms with Crippen molar-refractivity contribution >= 4 is 35.1 Å². The van der Waals surface area contributed by atoms with Crippen LogP contribution in [0.5, 0.6) is 0 Å². The molecule has 3 aromatic carbocycles. The Bertz CT molecular complexity index is 1130. The van der Waals surface area contributed by atoms with Crippen molar-refractivity contribution in [3.63, 3.8) is 0 Å². The lowest BCUT2D eigenvalue weighted by Crippen LogP contribution is -2.34. The Labute approximate surface area is 168 Å². The maximum absolute atomic E-state index is 13.0. The molecule has 0 aliphatic carbocycles. The molecule has 0 fully saturated rings. The number of amides is 1. The van der Waals surface area contributed by atoms with Crippen molar-refractivity contribution in [2.24, 2.45) is 0 Å². The predicted octanol–water partition coefficient (Wildman–Crippen LogP) is 6.08. The monoisotopic (exact) mass is 388 g/mol. The lowest BCUT2D eigenvalue weighted by molar-refractivity contribution is 0.107. The number of hydrogen-bond acceptors (Lipinski definition) is 3. The molecule has 2 heterocycles. The van der Waals surface area contributed by atoms with E-state index in [9.17, 15) is 4.79 Å². The second-order valence-electron chi connectivity index (χ2n) is 6.83. The minimum atomic E-state index is -0.554. The summed E-state index contributed by atoms with van der Waals surface area (Å²) in [7, 11) is 1.72. The van der Waals surface area contributed by atoms with Crippen LogP contribution < -0.4 is 9.80 Å². The van der Waals surface area contributed by atoms with E-state index in [1.807, 2.05) is 77.8 Å². The number of fused-ring (bicyclic) bond motifs is 7. The Hall–Kier alpha value is -3.24. The quantitative estimate of drug-likeness (QED) is 0.467. The third-order valence-electron chi connectivity index (χ3n) is 5.21. The third kappa shape index (κ3) is 2.57. The lowest BCUT2D eigenvalue weighted by atomic mass is 9.98. The van der Waals surface area contributed by atoms with Gasteiger partial charge >= 0.3 is 6.09 Å². The normalized spacial score (nSPS) is 17.4. The molecule has 1 amide bonds. The maximum atomic E-state index is 13.0. The van der Waals surface area contributed by atoms with Crippen molar-refractivity contribution in [3.05, 3.63) is 89.1 Å². The average Bonchev–Trinajstić information content (AvgIpc) is 2.76. The zero-order chi connectivity index (χ0) is 19.3. The van der Waals surface area contributed by atoms with Crippen molar-refractivity contribution in [1.82, 2.24) is 0 Å². The molecule has 0 saturated heterocycles. The molecule has 138 valence electrons. The van der Waals surface area contributed by atoms with Crippen molar-refractivity contribution in [3.8, 4) is 11.1 Å².